The zero-order chi connectivity index (χ0) is 18.7. The van der Waals surface area contributed by atoms with Crippen molar-refractivity contribution in [2.75, 3.05) is 13.6 Å². The average Bonchev–Trinajstić information content (AvgIpc) is 2.98. The van der Waals surface area contributed by atoms with Gasteiger partial charge in [0.2, 0.25) is 5.96 Å². The predicted octanol–water partition coefficient (Wildman–Crippen LogP) is 1.30. The molecular weight excluding hydrogens is 356 g/mol. The molecule has 0 saturated carbocycles. The third kappa shape index (κ3) is 3.70. The lowest BCUT2D eigenvalue weighted by molar-refractivity contribution is -0.126. The van der Waals surface area contributed by atoms with Gasteiger partial charge in [-0.15, -0.1) is 0 Å². The lowest BCUT2D eigenvalue weighted by atomic mass is 10.1. The summed E-state index contributed by atoms with van der Waals surface area (Å²) in [6.07, 6.45) is 2.81. The van der Waals surface area contributed by atoms with Crippen LogP contribution >= 0.6 is 11.6 Å². The van der Waals surface area contributed by atoms with Gasteiger partial charge in [-0.2, -0.15) is 5.10 Å². The molecule has 1 saturated heterocycles. The van der Waals surface area contributed by atoms with Gasteiger partial charge in [0.05, 0.1) is 6.21 Å². The Bertz CT molecular complexity index is 788. The molecule has 2 atom stereocenters. The van der Waals surface area contributed by atoms with Crippen molar-refractivity contribution in [3.63, 3.8) is 0 Å². The van der Waals surface area contributed by atoms with Crippen molar-refractivity contribution in [1.29, 1.82) is 0 Å². The maximum atomic E-state index is 12.3. The fourth-order valence-electron chi connectivity index (χ4n) is 2.75. The molecule has 2 heterocycles. The average molecular weight is 375 g/mol. The van der Waals surface area contributed by atoms with E-state index in [0.717, 1.165) is 5.56 Å². The van der Waals surface area contributed by atoms with Gasteiger partial charge in [-0.25, -0.2) is 15.2 Å². The largest absolute Gasteiger partial charge is 0.325 e. The van der Waals surface area contributed by atoms with Gasteiger partial charge in [-0.1, -0.05) is 48.0 Å². The summed E-state index contributed by atoms with van der Waals surface area (Å²) in [7, 11) is 1.60. The van der Waals surface area contributed by atoms with Gasteiger partial charge in [0, 0.05) is 18.6 Å². The van der Waals surface area contributed by atoms with E-state index in [-0.39, 0.29) is 0 Å². The van der Waals surface area contributed by atoms with Crippen LogP contribution in [0.3, 0.4) is 0 Å². The minimum Gasteiger partial charge on any atom is -0.322 e. The Morgan fingerprint density at radius 2 is 2.12 bits per heavy atom. The number of amides is 3. The van der Waals surface area contributed by atoms with Crippen molar-refractivity contribution in [2.45, 2.75) is 19.1 Å². The third-order valence-corrected chi connectivity index (χ3v) is 4.26. The van der Waals surface area contributed by atoms with Crippen LogP contribution in [-0.4, -0.2) is 59.7 Å². The SMILES string of the molecule is C/C(Cl)=C/CN1C(N/N=C\c2ccccc2)=NC2C1C(=O)NC(=O)N2C. The van der Waals surface area contributed by atoms with E-state index in [2.05, 4.69) is 20.8 Å². The first kappa shape index (κ1) is 17.9. The van der Waals surface area contributed by atoms with Crippen LogP contribution in [0.4, 0.5) is 4.79 Å². The predicted molar refractivity (Wildman–Crippen MR) is 99.8 cm³/mol. The zero-order valence-corrected chi connectivity index (χ0v) is 15.1. The number of urea groups is 1. The van der Waals surface area contributed by atoms with Gasteiger partial charge in [-0.3, -0.25) is 10.1 Å². The monoisotopic (exact) mass is 374 g/mol. The second-order valence-electron chi connectivity index (χ2n) is 5.94. The Hall–Kier alpha value is -2.87. The standard InChI is InChI=1S/C17H19ClN6O2/c1-11(18)8-9-24-13-14(23(2)17(26)21-15(13)25)20-16(24)22-19-10-12-6-4-3-5-7-12/h3-8,10,13-14H,9H2,1-2H3,(H,20,22)(H,21,25,26)/b11-8-,19-10-. The Kier molecular flexibility index (Phi) is 5.22. The highest BCUT2D eigenvalue weighted by Crippen LogP contribution is 2.23. The minimum absolute atomic E-state index is 0.360. The second kappa shape index (κ2) is 7.57. The fourth-order valence-corrected chi connectivity index (χ4v) is 2.82. The normalized spacial score (nSPS) is 23.2. The molecule has 9 heteroatoms. The first-order valence-corrected chi connectivity index (χ1v) is 8.43. The van der Waals surface area contributed by atoms with E-state index in [9.17, 15) is 9.59 Å². The number of fused-ring (bicyclic) bond motifs is 1. The van der Waals surface area contributed by atoms with Crippen molar-refractivity contribution in [2.24, 2.45) is 10.1 Å². The third-order valence-electron chi connectivity index (χ3n) is 4.11. The molecule has 2 unspecified atom stereocenters. The number of carbonyl (C=O) groups excluding carboxylic acids is 2. The number of hydrogen-bond donors (Lipinski definition) is 2. The molecule has 26 heavy (non-hydrogen) atoms. The van der Waals surface area contributed by atoms with Crippen LogP contribution < -0.4 is 10.7 Å². The Balaban J connectivity index is 1.82. The molecule has 0 bridgehead atoms. The summed E-state index contributed by atoms with van der Waals surface area (Å²) in [5.74, 6) is 0.00404. The molecule has 1 aromatic carbocycles. The van der Waals surface area contributed by atoms with E-state index in [4.69, 9.17) is 11.6 Å². The summed E-state index contributed by atoms with van der Waals surface area (Å²) in [6, 6.07) is 8.46. The molecule has 1 fully saturated rings. The van der Waals surface area contributed by atoms with E-state index < -0.39 is 24.1 Å². The number of rotatable bonds is 4. The van der Waals surface area contributed by atoms with Gasteiger partial charge >= 0.3 is 6.03 Å². The molecule has 2 N–H and O–H groups in total. The number of imide groups is 1. The molecule has 136 valence electrons. The van der Waals surface area contributed by atoms with E-state index >= 15 is 0 Å². The van der Waals surface area contributed by atoms with Gasteiger partial charge in [0.15, 0.2) is 12.2 Å². The van der Waals surface area contributed by atoms with E-state index in [1.54, 1.807) is 31.2 Å². The number of aliphatic imine (C=N–C) groups is 1. The van der Waals surface area contributed by atoms with Crippen LogP contribution in [0.15, 0.2) is 51.5 Å². The van der Waals surface area contributed by atoms with E-state index in [0.29, 0.717) is 17.5 Å². The number of allylic oxidation sites excluding steroid dienone is 1. The number of halogens is 1. The lowest BCUT2D eigenvalue weighted by Gasteiger charge is -2.35. The minimum atomic E-state index is -0.639. The number of guanidine groups is 1. The maximum absolute atomic E-state index is 12.3. The molecule has 0 radical (unpaired) electrons. The summed E-state index contributed by atoms with van der Waals surface area (Å²) in [5.41, 5.74) is 3.79. The highest BCUT2D eigenvalue weighted by atomic mass is 35.5. The van der Waals surface area contributed by atoms with Crippen LogP contribution in [0.2, 0.25) is 0 Å². The molecule has 2 aliphatic heterocycles. The van der Waals surface area contributed by atoms with Crippen molar-refractivity contribution in [3.8, 4) is 0 Å². The van der Waals surface area contributed by atoms with Gasteiger partial charge in [0.25, 0.3) is 5.91 Å². The number of hydrogen-bond acceptors (Lipinski definition) is 6. The lowest BCUT2D eigenvalue weighted by Crippen LogP contribution is -2.64. The summed E-state index contributed by atoms with van der Waals surface area (Å²) in [4.78, 5) is 31.8. The van der Waals surface area contributed by atoms with Gasteiger partial charge in [0.1, 0.15) is 0 Å². The number of hydrazone groups is 1. The molecule has 2 aliphatic rings. The number of benzene rings is 1. The van der Waals surface area contributed by atoms with Crippen molar-refractivity contribution in [1.82, 2.24) is 20.5 Å². The molecule has 0 spiro atoms. The summed E-state index contributed by atoms with van der Waals surface area (Å²) in [6.45, 7) is 2.11. The highest BCUT2D eigenvalue weighted by Gasteiger charge is 2.48. The van der Waals surface area contributed by atoms with Crippen LogP contribution in [0.1, 0.15) is 12.5 Å². The maximum Gasteiger partial charge on any atom is 0.325 e. The smallest absolute Gasteiger partial charge is 0.322 e. The zero-order valence-electron chi connectivity index (χ0n) is 14.4. The topological polar surface area (TPSA) is 89.4 Å². The fraction of sp³-hybridized carbons (Fsp3) is 0.294. The van der Waals surface area contributed by atoms with Crippen molar-refractivity contribution < 1.29 is 9.59 Å². The van der Waals surface area contributed by atoms with Crippen LogP contribution in [0.25, 0.3) is 0 Å². The van der Waals surface area contributed by atoms with Gasteiger partial charge < -0.3 is 9.80 Å². The Morgan fingerprint density at radius 1 is 1.38 bits per heavy atom. The summed E-state index contributed by atoms with van der Waals surface area (Å²) in [5, 5.41) is 7.12. The first-order chi connectivity index (χ1) is 12.5. The van der Waals surface area contributed by atoms with E-state index in [1.165, 1.54) is 4.90 Å². The molecule has 0 aromatic heterocycles. The molecule has 0 aliphatic carbocycles. The molecule has 3 rings (SSSR count). The highest BCUT2D eigenvalue weighted by molar-refractivity contribution is 6.29. The van der Waals surface area contributed by atoms with E-state index in [1.807, 2.05) is 30.3 Å². The molecule has 3 amide bonds. The van der Waals surface area contributed by atoms with Crippen molar-refractivity contribution in [3.05, 3.63) is 47.0 Å². The molecule has 1 aromatic rings. The summed E-state index contributed by atoms with van der Waals surface area (Å²) >= 11 is 5.93. The quantitative estimate of drug-likeness (QED) is 0.614. The summed E-state index contributed by atoms with van der Waals surface area (Å²) < 4.78 is 0. The second-order valence-corrected chi connectivity index (χ2v) is 6.54. The van der Waals surface area contributed by atoms with Crippen LogP contribution in [0, 0.1) is 0 Å². The number of nitrogens with zero attached hydrogens (tertiary/aromatic N) is 4. The molecular formula is C17H19ClN6O2. The number of carbonyl (C=O) groups is 2. The Labute approximate surface area is 156 Å². The van der Waals surface area contributed by atoms with Gasteiger partial charge in [-0.05, 0) is 12.5 Å². The first-order valence-electron chi connectivity index (χ1n) is 8.06. The Morgan fingerprint density at radius 3 is 2.81 bits per heavy atom. The van der Waals surface area contributed by atoms with Crippen molar-refractivity contribution >= 4 is 35.7 Å². The van der Waals surface area contributed by atoms with Crippen LogP contribution in [0.5, 0.6) is 0 Å². The number of likely N-dealkylation sites (N-methyl/N-ethyl adjacent to an activating group) is 1. The molecule has 8 nitrogen and oxygen atoms in total. The van der Waals surface area contributed by atoms with Crippen LogP contribution in [-0.2, 0) is 4.79 Å². The number of nitrogens with one attached hydrogen (secondary N) is 2.